The molecule has 0 atom stereocenters. The largest absolute Gasteiger partial charge is 0.493 e. The number of amides is 1. The molecule has 0 saturated carbocycles. The molecule has 1 amide bonds. The monoisotopic (exact) mass is 498 g/mol. The molecule has 0 unspecified atom stereocenters. The number of halogens is 2. The Morgan fingerprint density at radius 3 is 2.39 bits per heavy atom. The van der Waals surface area contributed by atoms with E-state index in [0.29, 0.717) is 30.2 Å². The molecule has 0 aliphatic carbocycles. The quantitative estimate of drug-likeness (QED) is 0.589. The molecule has 3 rings (SSSR count). The normalized spacial score (nSPS) is 15.2. The average molecular weight is 498 g/mol. The Labute approximate surface area is 178 Å². The average Bonchev–Trinajstić information content (AvgIpc) is 2.94. The van der Waals surface area contributed by atoms with Crippen molar-refractivity contribution < 1.29 is 18.7 Å². The Morgan fingerprint density at radius 1 is 1.04 bits per heavy atom. The van der Waals surface area contributed by atoms with E-state index in [1.165, 1.54) is 12.1 Å². The number of ether oxygens (including phenoxy) is 2. The van der Waals surface area contributed by atoms with E-state index in [1.807, 2.05) is 23.1 Å². The van der Waals surface area contributed by atoms with Gasteiger partial charge >= 0.3 is 0 Å². The summed E-state index contributed by atoms with van der Waals surface area (Å²) in [7, 11) is 3.15. The molecular formula is C21H24FIN2O3. The highest BCUT2D eigenvalue weighted by Crippen LogP contribution is 2.32. The van der Waals surface area contributed by atoms with Crippen molar-refractivity contribution in [1.82, 2.24) is 9.80 Å². The highest BCUT2D eigenvalue weighted by molar-refractivity contribution is 14.1. The summed E-state index contributed by atoms with van der Waals surface area (Å²) < 4.78 is 24.6. The molecule has 28 heavy (non-hydrogen) atoms. The summed E-state index contributed by atoms with van der Waals surface area (Å²) >= 11 is 2.16. The second-order valence-corrected chi connectivity index (χ2v) is 7.90. The van der Waals surface area contributed by atoms with Crippen LogP contribution in [-0.4, -0.2) is 56.1 Å². The predicted octanol–water partition coefficient (Wildman–Crippen LogP) is 3.80. The number of carbonyl (C=O) groups excluding carboxylic acids is 1. The highest BCUT2D eigenvalue weighted by atomic mass is 127. The summed E-state index contributed by atoms with van der Waals surface area (Å²) in [6.45, 7) is 3.82. The minimum atomic E-state index is -0.221. The van der Waals surface area contributed by atoms with Gasteiger partial charge in [-0.05, 0) is 58.8 Å². The van der Waals surface area contributed by atoms with Crippen molar-refractivity contribution in [3.05, 3.63) is 56.9 Å². The van der Waals surface area contributed by atoms with Gasteiger partial charge in [0.05, 0.1) is 19.8 Å². The molecule has 0 spiro atoms. The number of carbonyl (C=O) groups is 1. The van der Waals surface area contributed by atoms with E-state index in [1.54, 1.807) is 20.3 Å². The molecule has 1 saturated heterocycles. The molecule has 0 N–H and O–H groups in total. The minimum absolute atomic E-state index is 0.00832. The van der Waals surface area contributed by atoms with Crippen LogP contribution in [0.15, 0.2) is 36.4 Å². The van der Waals surface area contributed by atoms with E-state index in [2.05, 4.69) is 27.5 Å². The van der Waals surface area contributed by atoms with Gasteiger partial charge in [-0.15, -0.1) is 0 Å². The van der Waals surface area contributed by atoms with Gasteiger partial charge in [-0.3, -0.25) is 9.69 Å². The number of benzene rings is 2. The van der Waals surface area contributed by atoms with Gasteiger partial charge in [0.25, 0.3) is 5.91 Å². The van der Waals surface area contributed by atoms with E-state index >= 15 is 0 Å². The van der Waals surface area contributed by atoms with Crippen molar-refractivity contribution in [3.8, 4) is 11.5 Å². The zero-order chi connectivity index (χ0) is 20.1. The molecule has 5 nitrogen and oxygen atoms in total. The van der Waals surface area contributed by atoms with Gasteiger partial charge in [0, 0.05) is 36.3 Å². The van der Waals surface area contributed by atoms with Crippen molar-refractivity contribution in [3.63, 3.8) is 0 Å². The van der Waals surface area contributed by atoms with E-state index < -0.39 is 0 Å². The van der Waals surface area contributed by atoms with Crippen LogP contribution in [0.25, 0.3) is 0 Å². The first kappa shape index (κ1) is 20.9. The summed E-state index contributed by atoms with van der Waals surface area (Å²) in [6.07, 6.45) is 0.900. The van der Waals surface area contributed by atoms with Gasteiger partial charge in [-0.1, -0.05) is 12.1 Å². The van der Waals surface area contributed by atoms with Gasteiger partial charge in [0.15, 0.2) is 11.5 Å². The number of hydrogen-bond acceptors (Lipinski definition) is 4. The number of hydrogen-bond donors (Lipinski definition) is 0. The van der Waals surface area contributed by atoms with Gasteiger partial charge in [0.2, 0.25) is 0 Å². The summed E-state index contributed by atoms with van der Waals surface area (Å²) in [6, 6.07) is 10.2. The van der Waals surface area contributed by atoms with Crippen LogP contribution in [0.1, 0.15) is 22.3 Å². The molecular weight excluding hydrogens is 474 g/mol. The summed E-state index contributed by atoms with van der Waals surface area (Å²) in [5.74, 6) is 0.957. The van der Waals surface area contributed by atoms with Crippen LogP contribution in [0.5, 0.6) is 11.5 Å². The lowest BCUT2D eigenvalue weighted by atomic mass is 10.1. The predicted molar refractivity (Wildman–Crippen MR) is 114 cm³/mol. The van der Waals surface area contributed by atoms with Gasteiger partial charge in [-0.2, -0.15) is 0 Å². The van der Waals surface area contributed by atoms with Crippen LogP contribution in [0.3, 0.4) is 0 Å². The van der Waals surface area contributed by atoms with Gasteiger partial charge in [-0.25, -0.2) is 4.39 Å². The molecule has 0 bridgehead atoms. The maximum Gasteiger partial charge on any atom is 0.255 e. The fourth-order valence-corrected chi connectivity index (χ4v) is 4.04. The second kappa shape index (κ2) is 9.56. The maximum absolute atomic E-state index is 13.1. The lowest BCUT2D eigenvalue weighted by Crippen LogP contribution is -2.35. The number of rotatable bonds is 5. The van der Waals surface area contributed by atoms with E-state index in [-0.39, 0.29) is 11.7 Å². The first-order valence-corrected chi connectivity index (χ1v) is 10.3. The molecule has 0 radical (unpaired) electrons. The molecule has 1 aliphatic heterocycles. The fourth-order valence-electron chi connectivity index (χ4n) is 3.37. The highest BCUT2D eigenvalue weighted by Gasteiger charge is 2.23. The first-order valence-electron chi connectivity index (χ1n) is 9.19. The fraction of sp³-hybridized carbons (Fsp3) is 0.381. The Morgan fingerprint density at radius 2 is 1.71 bits per heavy atom. The summed E-state index contributed by atoms with van der Waals surface area (Å²) in [5.41, 5.74) is 1.71. The Hall–Kier alpha value is -1.87. The molecule has 7 heteroatoms. The summed E-state index contributed by atoms with van der Waals surface area (Å²) in [4.78, 5) is 17.3. The Balaban J connectivity index is 1.68. The smallest absolute Gasteiger partial charge is 0.255 e. The van der Waals surface area contributed by atoms with Crippen molar-refractivity contribution >= 4 is 28.5 Å². The molecule has 1 aliphatic rings. The third-order valence-electron chi connectivity index (χ3n) is 4.90. The SMILES string of the molecule is COc1cc(I)c(C(=O)N2CCCN(Cc3ccc(F)cc3)CC2)cc1OC. The van der Waals surface area contributed by atoms with Crippen LogP contribution in [-0.2, 0) is 6.54 Å². The number of methoxy groups -OCH3 is 2. The zero-order valence-corrected chi connectivity index (χ0v) is 18.2. The third-order valence-corrected chi connectivity index (χ3v) is 5.79. The second-order valence-electron chi connectivity index (χ2n) is 6.74. The van der Waals surface area contributed by atoms with Crippen LogP contribution >= 0.6 is 22.6 Å². The van der Waals surface area contributed by atoms with E-state index in [4.69, 9.17) is 9.47 Å². The topological polar surface area (TPSA) is 42.0 Å². The van der Waals surface area contributed by atoms with Crippen molar-refractivity contribution in [2.24, 2.45) is 0 Å². The van der Waals surface area contributed by atoms with Crippen LogP contribution in [0.2, 0.25) is 0 Å². The Kier molecular flexibility index (Phi) is 7.12. The van der Waals surface area contributed by atoms with Crippen LogP contribution < -0.4 is 9.47 Å². The molecule has 2 aromatic rings. The maximum atomic E-state index is 13.1. The Bertz CT molecular complexity index is 829. The molecule has 2 aromatic carbocycles. The van der Waals surface area contributed by atoms with E-state index in [0.717, 1.165) is 35.2 Å². The van der Waals surface area contributed by atoms with Crippen molar-refractivity contribution in [2.75, 3.05) is 40.4 Å². The lowest BCUT2D eigenvalue weighted by Gasteiger charge is -2.23. The molecule has 150 valence electrons. The summed E-state index contributed by atoms with van der Waals surface area (Å²) in [5, 5.41) is 0. The van der Waals surface area contributed by atoms with Gasteiger partial charge in [0.1, 0.15) is 5.82 Å². The third kappa shape index (κ3) is 4.94. The van der Waals surface area contributed by atoms with Crippen molar-refractivity contribution in [2.45, 2.75) is 13.0 Å². The number of nitrogens with zero attached hydrogens (tertiary/aromatic N) is 2. The first-order chi connectivity index (χ1) is 13.5. The lowest BCUT2D eigenvalue weighted by molar-refractivity contribution is 0.0759. The zero-order valence-electron chi connectivity index (χ0n) is 16.1. The standard InChI is InChI=1S/C21H24FIN2O3/c1-27-19-12-17(18(23)13-20(19)28-2)21(26)25-9-3-8-24(10-11-25)14-15-4-6-16(22)7-5-15/h4-7,12-13H,3,8-11,14H2,1-2H3. The van der Waals surface area contributed by atoms with Gasteiger partial charge < -0.3 is 14.4 Å². The van der Waals surface area contributed by atoms with Crippen LogP contribution in [0.4, 0.5) is 4.39 Å². The molecule has 1 fully saturated rings. The van der Waals surface area contributed by atoms with Crippen molar-refractivity contribution in [1.29, 1.82) is 0 Å². The van der Waals surface area contributed by atoms with Crippen LogP contribution in [0, 0.1) is 9.39 Å². The van der Waals surface area contributed by atoms with E-state index in [9.17, 15) is 9.18 Å². The minimum Gasteiger partial charge on any atom is -0.493 e. The molecule has 0 aromatic heterocycles. The molecule has 1 heterocycles.